The fraction of sp³-hybridized carbons (Fsp3) is 0.517. The van der Waals surface area contributed by atoms with Gasteiger partial charge in [0.15, 0.2) is 0 Å². The minimum atomic E-state index is -0.806. The zero-order chi connectivity index (χ0) is 26.6. The molecule has 1 saturated carbocycles. The van der Waals surface area contributed by atoms with Crippen LogP contribution in [0.4, 0.5) is 4.39 Å². The van der Waals surface area contributed by atoms with Crippen molar-refractivity contribution in [1.29, 1.82) is 0 Å². The number of halogens is 2. The van der Waals surface area contributed by atoms with Crippen molar-refractivity contribution in [3.8, 4) is 0 Å². The van der Waals surface area contributed by atoms with Crippen LogP contribution in [-0.4, -0.2) is 50.7 Å². The van der Waals surface area contributed by atoms with Crippen molar-refractivity contribution in [2.45, 2.75) is 70.1 Å². The Labute approximate surface area is 225 Å². The molecule has 4 aliphatic rings. The van der Waals surface area contributed by atoms with Gasteiger partial charge in [-0.05, 0) is 80.9 Å². The number of benzene rings is 1. The Hall–Kier alpha value is -3.00. The summed E-state index contributed by atoms with van der Waals surface area (Å²) in [6.45, 7) is 1.54. The molecule has 0 spiro atoms. The highest BCUT2D eigenvalue weighted by molar-refractivity contribution is 6.34. The van der Waals surface area contributed by atoms with E-state index in [0.717, 1.165) is 55.5 Å². The van der Waals surface area contributed by atoms with Gasteiger partial charge in [-0.15, -0.1) is 0 Å². The lowest BCUT2D eigenvalue weighted by Crippen LogP contribution is -2.37. The van der Waals surface area contributed by atoms with Crippen LogP contribution in [0, 0.1) is 17.7 Å². The lowest BCUT2D eigenvalue weighted by molar-refractivity contribution is -0.142. The van der Waals surface area contributed by atoms with E-state index in [1.807, 2.05) is 11.0 Å². The first-order valence-electron chi connectivity index (χ1n) is 13.7. The second-order valence-corrected chi connectivity index (χ2v) is 11.5. The normalized spacial score (nSPS) is 23.2. The molecule has 7 nitrogen and oxygen atoms in total. The first kappa shape index (κ1) is 25.3. The van der Waals surface area contributed by atoms with Gasteiger partial charge in [-0.25, -0.2) is 4.39 Å². The van der Waals surface area contributed by atoms with Crippen LogP contribution < -0.4 is 0 Å². The summed E-state index contributed by atoms with van der Waals surface area (Å²) in [6.07, 6.45) is 8.94. The highest BCUT2D eigenvalue weighted by Gasteiger charge is 2.38. The summed E-state index contributed by atoms with van der Waals surface area (Å²) in [5.74, 6) is -2.27. The Bertz CT molecular complexity index is 1360. The van der Waals surface area contributed by atoms with Gasteiger partial charge in [0.2, 0.25) is 5.91 Å². The molecule has 0 bridgehead atoms. The molecule has 200 valence electrons. The molecule has 2 aromatic rings. The molecule has 3 aliphatic carbocycles. The molecule has 38 heavy (non-hydrogen) atoms. The zero-order valence-corrected chi connectivity index (χ0v) is 22.0. The maximum atomic E-state index is 14.6. The lowest BCUT2D eigenvalue weighted by Gasteiger charge is -2.27. The molecular formula is C29H31ClFN3O4. The van der Waals surface area contributed by atoms with Crippen LogP contribution in [0.3, 0.4) is 0 Å². The van der Waals surface area contributed by atoms with E-state index in [-0.39, 0.29) is 28.3 Å². The number of aliphatic carboxylic acids is 1. The van der Waals surface area contributed by atoms with Crippen molar-refractivity contribution in [2.24, 2.45) is 11.8 Å². The maximum absolute atomic E-state index is 14.6. The van der Waals surface area contributed by atoms with Gasteiger partial charge in [-0.1, -0.05) is 23.7 Å². The Morgan fingerprint density at radius 1 is 1.03 bits per heavy atom. The third-order valence-corrected chi connectivity index (χ3v) is 9.02. The van der Waals surface area contributed by atoms with E-state index in [9.17, 15) is 23.9 Å². The second kappa shape index (κ2) is 9.95. The quantitative estimate of drug-likeness (QED) is 0.561. The van der Waals surface area contributed by atoms with Crippen LogP contribution in [0.25, 0.3) is 5.57 Å². The number of carbonyl (C=O) groups is 3. The van der Waals surface area contributed by atoms with Crippen LogP contribution in [0.5, 0.6) is 0 Å². The van der Waals surface area contributed by atoms with E-state index < -0.39 is 23.6 Å². The predicted octanol–water partition coefficient (Wildman–Crippen LogP) is 5.24. The Balaban J connectivity index is 1.41. The summed E-state index contributed by atoms with van der Waals surface area (Å²) in [6, 6.07) is 2.96. The second-order valence-electron chi connectivity index (χ2n) is 11.1. The van der Waals surface area contributed by atoms with Gasteiger partial charge in [0.25, 0.3) is 5.91 Å². The third kappa shape index (κ3) is 4.46. The van der Waals surface area contributed by atoms with Gasteiger partial charge in [0.05, 0.1) is 27.9 Å². The molecule has 0 radical (unpaired) electrons. The molecule has 2 heterocycles. The summed E-state index contributed by atoms with van der Waals surface area (Å²) < 4.78 is 15.9. The monoisotopic (exact) mass is 539 g/mol. The number of likely N-dealkylation sites (tertiary alicyclic amines) is 1. The Morgan fingerprint density at radius 2 is 1.76 bits per heavy atom. The summed E-state index contributed by atoms with van der Waals surface area (Å²) >= 11 is 6.40. The molecule has 1 aliphatic heterocycles. The van der Waals surface area contributed by atoms with Crippen LogP contribution in [-0.2, 0) is 22.4 Å². The van der Waals surface area contributed by atoms with E-state index in [2.05, 4.69) is 0 Å². The number of carboxylic acid groups (broad SMARTS) is 1. The number of carbonyl (C=O) groups excluding carboxylic acids is 2. The number of rotatable bonds is 5. The van der Waals surface area contributed by atoms with Crippen molar-refractivity contribution in [3.05, 3.63) is 57.1 Å². The summed E-state index contributed by atoms with van der Waals surface area (Å²) in [7, 11) is 0. The number of fused-ring (bicyclic) bond motifs is 1. The fourth-order valence-corrected chi connectivity index (χ4v) is 6.59. The Morgan fingerprint density at radius 3 is 2.42 bits per heavy atom. The van der Waals surface area contributed by atoms with Crippen LogP contribution in [0.2, 0.25) is 5.02 Å². The standard InChI is InChI=1S/C29H31ClFN3O4/c30-25-22(31)12-11-20(16-3-4-16)24(25)28(36)34-23-15-19(27(35)33-13-1-2-14-33)9-10-21(23)26(32-34)17-5-7-18(8-6-17)29(37)38/h5,11-12,16,18-19H,1-4,6-10,13-15H2,(H,37,38). The lowest BCUT2D eigenvalue weighted by atomic mass is 9.82. The van der Waals surface area contributed by atoms with E-state index in [1.54, 1.807) is 6.07 Å². The molecule has 6 rings (SSSR count). The highest BCUT2D eigenvalue weighted by atomic mass is 35.5. The summed E-state index contributed by atoms with van der Waals surface area (Å²) in [4.78, 5) is 40.8. The highest BCUT2D eigenvalue weighted by Crippen LogP contribution is 2.44. The van der Waals surface area contributed by atoms with Crippen molar-refractivity contribution in [3.63, 3.8) is 0 Å². The van der Waals surface area contributed by atoms with Crippen LogP contribution >= 0.6 is 11.6 Å². The van der Waals surface area contributed by atoms with Crippen molar-refractivity contribution < 1.29 is 23.9 Å². The number of aromatic nitrogens is 2. The van der Waals surface area contributed by atoms with Crippen molar-refractivity contribution in [2.75, 3.05) is 13.1 Å². The van der Waals surface area contributed by atoms with E-state index >= 15 is 0 Å². The van der Waals surface area contributed by atoms with Gasteiger partial charge >= 0.3 is 5.97 Å². The first-order valence-corrected chi connectivity index (χ1v) is 14.1. The molecular weight excluding hydrogens is 509 g/mol. The van der Waals surface area contributed by atoms with Crippen molar-refractivity contribution >= 4 is 35.0 Å². The molecule has 2 fully saturated rings. The molecule has 1 saturated heterocycles. The van der Waals surface area contributed by atoms with Crippen LogP contribution in [0.1, 0.15) is 90.2 Å². The molecule has 2 unspecified atom stereocenters. The van der Waals surface area contributed by atoms with Gasteiger partial charge in [-0.2, -0.15) is 9.78 Å². The number of amides is 1. The minimum absolute atomic E-state index is 0.124. The smallest absolute Gasteiger partial charge is 0.306 e. The van der Waals surface area contributed by atoms with E-state index in [1.165, 1.54) is 10.7 Å². The number of hydrogen-bond donors (Lipinski definition) is 1. The number of nitrogens with zero attached hydrogens (tertiary/aromatic N) is 3. The summed E-state index contributed by atoms with van der Waals surface area (Å²) in [5.41, 5.74) is 4.16. The predicted molar refractivity (Wildman–Crippen MR) is 140 cm³/mol. The largest absolute Gasteiger partial charge is 0.481 e. The van der Waals surface area contributed by atoms with E-state index in [4.69, 9.17) is 16.7 Å². The average Bonchev–Trinajstić information content (AvgIpc) is 3.48. The van der Waals surface area contributed by atoms with Gasteiger partial charge < -0.3 is 10.0 Å². The van der Waals surface area contributed by atoms with Crippen molar-refractivity contribution in [1.82, 2.24) is 14.7 Å². The topological polar surface area (TPSA) is 92.5 Å². The summed E-state index contributed by atoms with van der Waals surface area (Å²) in [5, 5.41) is 14.0. The fourth-order valence-electron chi connectivity index (χ4n) is 6.34. The van der Waals surface area contributed by atoms with Crippen LogP contribution in [0.15, 0.2) is 18.2 Å². The van der Waals surface area contributed by atoms with E-state index in [0.29, 0.717) is 49.9 Å². The van der Waals surface area contributed by atoms with Gasteiger partial charge in [0, 0.05) is 31.0 Å². The SMILES string of the molecule is O=C(O)C1CC=C(c2nn(C(=O)c3c(C4CC4)ccc(F)c3Cl)c3c2CCC(C(=O)N2CCCC2)C3)CC1. The molecule has 2 atom stereocenters. The number of hydrogen-bond acceptors (Lipinski definition) is 4. The van der Waals surface area contributed by atoms with Gasteiger partial charge in [0.1, 0.15) is 5.82 Å². The number of carboxylic acids is 1. The zero-order valence-electron chi connectivity index (χ0n) is 21.2. The molecule has 1 amide bonds. The third-order valence-electron chi connectivity index (χ3n) is 8.65. The molecule has 1 aromatic heterocycles. The number of allylic oxidation sites excluding steroid dienone is 2. The Kier molecular flexibility index (Phi) is 6.62. The molecule has 1 aromatic carbocycles. The van der Waals surface area contributed by atoms with Gasteiger partial charge in [-0.3, -0.25) is 14.4 Å². The minimum Gasteiger partial charge on any atom is -0.481 e. The average molecular weight is 540 g/mol. The first-order chi connectivity index (χ1) is 18.3. The maximum Gasteiger partial charge on any atom is 0.306 e. The molecule has 9 heteroatoms. The molecule has 1 N–H and O–H groups in total.